The second kappa shape index (κ2) is 5.69. The summed E-state index contributed by atoms with van der Waals surface area (Å²) in [6.07, 6.45) is 1.74. The monoisotopic (exact) mass is 377 g/mol. The Morgan fingerprint density at radius 3 is 2.71 bits per heavy atom. The van der Waals surface area contributed by atoms with Gasteiger partial charge in [-0.25, -0.2) is 0 Å². The van der Waals surface area contributed by atoms with Crippen molar-refractivity contribution < 1.29 is 4.42 Å². The lowest BCUT2D eigenvalue weighted by atomic mass is 10.1. The van der Waals surface area contributed by atoms with Crippen LogP contribution in [0.1, 0.15) is 29.9 Å². The second-order valence-electron chi connectivity index (χ2n) is 3.74. The van der Waals surface area contributed by atoms with Crippen LogP contribution in [-0.4, -0.2) is 6.54 Å². The summed E-state index contributed by atoms with van der Waals surface area (Å²) in [6, 6.07) is 4.23. The number of rotatable bonds is 4. The number of aryl methyl sites for hydroxylation is 1. The smallest absolute Gasteiger partial charge is 0.128 e. The molecule has 0 spiro atoms. The average Bonchev–Trinajstić information content (AvgIpc) is 2.82. The molecule has 0 aromatic carbocycles. The van der Waals surface area contributed by atoms with Crippen LogP contribution in [-0.2, 0) is 0 Å². The van der Waals surface area contributed by atoms with Gasteiger partial charge in [-0.2, -0.15) is 0 Å². The highest BCUT2D eigenvalue weighted by molar-refractivity contribution is 9.12. The zero-order chi connectivity index (χ0) is 12.4. The van der Waals surface area contributed by atoms with Crippen LogP contribution < -0.4 is 5.32 Å². The van der Waals surface area contributed by atoms with Gasteiger partial charge in [0.25, 0.3) is 0 Å². The first-order valence-electron chi connectivity index (χ1n) is 5.35. The molecule has 1 unspecified atom stereocenters. The van der Waals surface area contributed by atoms with E-state index < -0.39 is 0 Å². The van der Waals surface area contributed by atoms with Crippen LogP contribution in [0.25, 0.3) is 0 Å². The van der Waals surface area contributed by atoms with Crippen molar-refractivity contribution in [1.29, 1.82) is 0 Å². The fourth-order valence-electron chi connectivity index (χ4n) is 1.78. The Hall–Kier alpha value is -0.100. The number of furan rings is 1. The minimum absolute atomic E-state index is 0.104. The maximum absolute atomic E-state index is 5.60. The van der Waals surface area contributed by atoms with E-state index in [1.165, 1.54) is 11.1 Å². The van der Waals surface area contributed by atoms with Gasteiger partial charge in [0.2, 0.25) is 0 Å². The molecule has 2 aromatic heterocycles. The fraction of sp³-hybridized carbons (Fsp3) is 0.333. The molecule has 0 aliphatic heterocycles. The minimum atomic E-state index is 0.104. The lowest BCUT2D eigenvalue weighted by Gasteiger charge is -2.16. The third kappa shape index (κ3) is 2.84. The summed E-state index contributed by atoms with van der Waals surface area (Å²) in [7, 11) is 0. The van der Waals surface area contributed by atoms with E-state index in [0.717, 1.165) is 19.9 Å². The van der Waals surface area contributed by atoms with E-state index in [9.17, 15) is 0 Å². The van der Waals surface area contributed by atoms with Crippen molar-refractivity contribution in [2.24, 2.45) is 0 Å². The van der Waals surface area contributed by atoms with Crippen LogP contribution in [0.15, 0.2) is 30.4 Å². The summed E-state index contributed by atoms with van der Waals surface area (Å²) >= 11 is 8.80. The van der Waals surface area contributed by atoms with E-state index >= 15 is 0 Å². The van der Waals surface area contributed by atoms with Crippen LogP contribution in [0.2, 0.25) is 0 Å². The normalized spacial score (nSPS) is 12.9. The maximum Gasteiger partial charge on any atom is 0.128 e. The van der Waals surface area contributed by atoms with Gasteiger partial charge in [0.05, 0.1) is 19.9 Å². The molecule has 2 aromatic rings. The standard InChI is InChI=1S/C12H13Br2NOS/c1-3-15-10(11-7(2)4-5-16-11)8-6-9(13)17-12(8)14/h4-6,10,15H,3H2,1-2H3. The van der Waals surface area contributed by atoms with E-state index in [1.807, 2.05) is 6.07 Å². The molecule has 0 saturated carbocycles. The molecule has 2 nitrogen and oxygen atoms in total. The first kappa shape index (κ1) is 13.3. The molecule has 0 aliphatic carbocycles. The maximum atomic E-state index is 5.60. The molecule has 1 N–H and O–H groups in total. The molecule has 2 heterocycles. The van der Waals surface area contributed by atoms with E-state index in [0.29, 0.717) is 0 Å². The predicted molar refractivity (Wildman–Crippen MR) is 78.7 cm³/mol. The zero-order valence-electron chi connectivity index (χ0n) is 9.59. The molecular formula is C12H13Br2NOS. The second-order valence-corrected chi connectivity index (χ2v) is 7.49. The molecule has 5 heteroatoms. The van der Waals surface area contributed by atoms with Gasteiger partial charge in [0.1, 0.15) is 5.76 Å². The van der Waals surface area contributed by atoms with E-state index in [2.05, 4.69) is 57.1 Å². The van der Waals surface area contributed by atoms with Gasteiger partial charge in [-0.15, -0.1) is 11.3 Å². The van der Waals surface area contributed by atoms with Crippen LogP contribution in [0.5, 0.6) is 0 Å². The van der Waals surface area contributed by atoms with Crippen molar-refractivity contribution in [3.63, 3.8) is 0 Å². The minimum Gasteiger partial charge on any atom is -0.467 e. The van der Waals surface area contributed by atoms with Crippen molar-refractivity contribution >= 4 is 43.2 Å². The van der Waals surface area contributed by atoms with Gasteiger partial charge in [-0.05, 0) is 63.0 Å². The Balaban J connectivity index is 2.42. The Morgan fingerprint density at radius 1 is 1.47 bits per heavy atom. The highest BCUT2D eigenvalue weighted by atomic mass is 79.9. The van der Waals surface area contributed by atoms with Gasteiger partial charge < -0.3 is 9.73 Å². The fourth-order valence-corrected chi connectivity index (χ4v) is 4.68. The molecule has 17 heavy (non-hydrogen) atoms. The zero-order valence-corrected chi connectivity index (χ0v) is 13.6. The molecule has 2 rings (SSSR count). The highest BCUT2D eigenvalue weighted by Crippen LogP contribution is 2.38. The molecule has 0 saturated heterocycles. The first-order chi connectivity index (χ1) is 8.13. The lowest BCUT2D eigenvalue weighted by Crippen LogP contribution is -2.22. The molecule has 1 atom stereocenters. The van der Waals surface area contributed by atoms with Crippen LogP contribution in [0.3, 0.4) is 0 Å². The number of nitrogens with one attached hydrogen (secondary N) is 1. The molecule has 0 amide bonds. The summed E-state index contributed by atoms with van der Waals surface area (Å²) in [5.74, 6) is 0.984. The van der Waals surface area contributed by atoms with E-state index in [1.54, 1.807) is 17.6 Å². The van der Waals surface area contributed by atoms with Gasteiger partial charge in [-0.3, -0.25) is 0 Å². The summed E-state index contributed by atoms with van der Waals surface area (Å²) in [6.45, 7) is 5.06. The van der Waals surface area contributed by atoms with Crippen molar-refractivity contribution in [2.75, 3.05) is 6.54 Å². The summed E-state index contributed by atoms with van der Waals surface area (Å²) in [4.78, 5) is 0. The molecular weight excluding hydrogens is 366 g/mol. The SMILES string of the molecule is CCNC(c1cc(Br)sc1Br)c1occc1C. The third-order valence-electron chi connectivity index (χ3n) is 2.57. The number of thiophene rings is 1. The van der Waals surface area contributed by atoms with Gasteiger partial charge >= 0.3 is 0 Å². The largest absolute Gasteiger partial charge is 0.467 e. The molecule has 0 fully saturated rings. The number of halogens is 2. The molecule has 0 aliphatic rings. The Kier molecular flexibility index (Phi) is 4.47. The van der Waals surface area contributed by atoms with E-state index in [-0.39, 0.29) is 6.04 Å². The Morgan fingerprint density at radius 2 is 2.24 bits per heavy atom. The molecule has 0 radical (unpaired) electrons. The van der Waals surface area contributed by atoms with Gasteiger partial charge in [0.15, 0.2) is 0 Å². The Bertz CT molecular complexity index is 506. The lowest BCUT2D eigenvalue weighted by molar-refractivity contribution is 0.449. The quantitative estimate of drug-likeness (QED) is 0.820. The van der Waals surface area contributed by atoms with Crippen molar-refractivity contribution in [1.82, 2.24) is 5.32 Å². The summed E-state index contributed by atoms with van der Waals surface area (Å²) in [5.41, 5.74) is 2.38. The third-order valence-corrected chi connectivity index (χ3v) is 4.95. The topological polar surface area (TPSA) is 25.2 Å². The van der Waals surface area contributed by atoms with Gasteiger partial charge in [-0.1, -0.05) is 6.92 Å². The molecule has 0 bridgehead atoms. The van der Waals surface area contributed by atoms with Crippen molar-refractivity contribution in [2.45, 2.75) is 19.9 Å². The number of hydrogen-bond acceptors (Lipinski definition) is 3. The van der Waals surface area contributed by atoms with Crippen LogP contribution in [0.4, 0.5) is 0 Å². The van der Waals surface area contributed by atoms with Gasteiger partial charge in [0, 0.05) is 5.56 Å². The Labute approximate surface area is 122 Å². The van der Waals surface area contributed by atoms with Crippen LogP contribution in [0, 0.1) is 6.92 Å². The summed E-state index contributed by atoms with van der Waals surface area (Å²) < 4.78 is 7.85. The van der Waals surface area contributed by atoms with E-state index in [4.69, 9.17) is 4.42 Å². The summed E-state index contributed by atoms with van der Waals surface area (Å²) in [5, 5.41) is 3.46. The van der Waals surface area contributed by atoms with Crippen molar-refractivity contribution in [3.8, 4) is 0 Å². The first-order valence-corrected chi connectivity index (χ1v) is 7.75. The van der Waals surface area contributed by atoms with Crippen LogP contribution >= 0.6 is 43.2 Å². The average molecular weight is 379 g/mol. The number of hydrogen-bond donors (Lipinski definition) is 1. The predicted octanol–water partition coefficient (Wildman–Crippen LogP) is 4.87. The highest BCUT2D eigenvalue weighted by Gasteiger charge is 2.22. The molecule has 92 valence electrons. The van der Waals surface area contributed by atoms with Crippen molar-refractivity contribution in [3.05, 3.63) is 42.9 Å².